The predicted octanol–water partition coefficient (Wildman–Crippen LogP) is 3.60. The van der Waals surface area contributed by atoms with E-state index in [0.29, 0.717) is 25.4 Å². The van der Waals surface area contributed by atoms with E-state index in [2.05, 4.69) is 32.9 Å². The molecule has 8 heteroatoms. The molecule has 2 aromatic rings. The number of pyridine rings is 1. The van der Waals surface area contributed by atoms with E-state index in [4.69, 9.17) is 9.47 Å². The molecule has 0 amide bonds. The Hall–Kier alpha value is -2.45. The van der Waals surface area contributed by atoms with Gasteiger partial charge in [0.25, 0.3) is 0 Å². The van der Waals surface area contributed by atoms with E-state index in [-0.39, 0.29) is 11.9 Å². The number of hydrogen-bond donors (Lipinski definition) is 1. The van der Waals surface area contributed by atoms with Crippen molar-refractivity contribution in [2.24, 2.45) is 0 Å². The summed E-state index contributed by atoms with van der Waals surface area (Å²) in [5.74, 6) is 1.32. The molecule has 0 radical (unpaired) electrons. The molecule has 0 saturated carbocycles. The molecular weight excluding hydrogens is 380 g/mol. The number of morpholine rings is 1. The van der Waals surface area contributed by atoms with Crippen LogP contribution in [0.2, 0.25) is 0 Å². The molecule has 1 unspecified atom stereocenters. The monoisotopic (exact) mass is 407 g/mol. The van der Waals surface area contributed by atoms with Gasteiger partial charge in [-0.05, 0) is 43.2 Å². The highest BCUT2D eigenvalue weighted by Crippen LogP contribution is 2.30. The van der Waals surface area contributed by atoms with Gasteiger partial charge in [-0.3, -0.25) is 0 Å². The molecule has 29 heavy (non-hydrogen) atoms. The van der Waals surface area contributed by atoms with Gasteiger partial charge >= 0.3 is 6.61 Å². The summed E-state index contributed by atoms with van der Waals surface area (Å²) in [5.41, 5.74) is 1.99. The van der Waals surface area contributed by atoms with Crippen molar-refractivity contribution in [3.8, 4) is 11.5 Å². The van der Waals surface area contributed by atoms with Crippen LogP contribution in [0.3, 0.4) is 0 Å². The summed E-state index contributed by atoms with van der Waals surface area (Å²) >= 11 is 0. The van der Waals surface area contributed by atoms with Gasteiger partial charge in [-0.2, -0.15) is 8.78 Å². The molecule has 1 fully saturated rings. The Morgan fingerprint density at radius 3 is 2.69 bits per heavy atom. The molecule has 1 saturated heterocycles. The highest BCUT2D eigenvalue weighted by molar-refractivity contribution is 5.43. The van der Waals surface area contributed by atoms with Crippen molar-refractivity contribution >= 4 is 5.82 Å². The highest BCUT2D eigenvalue weighted by atomic mass is 19.3. The number of aromatic nitrogens is 1. The minimum atomic E-state index is -2.88. The molecule has 6 nitrogen and oxygen atoms in total. The Balaban J connectivity index is 1.53. The van der Waals surface area contributed by atoms with Gasteiger partial charge in [-0.15, -0.1) is 0 Å². The molecule has 0 spiro atoms. The number of anilines is 1. The van der Waals surface area contributed by atoms with Crippen LogP contribution in [0.4, 0.5) is 14.6 Å². The van der Waals surface area contributed by atoms with Crippen molar-refractivity contribution in [2.45, 2.75) is 39.7 Å². The fourth-order valence-corrected chi connectivity index (χ4v) is 3.21. The minimum absolute atomic E-state index is 0.0443. The topological polar surface area (TPSA) is 55.9 Å². The maximum absolute atomic E-state index is 12.5. The molecule has 1 N–H and O–H groups in total. The van der Waals surface area contributed by atoms with Gasteiger partial charge in [0.2, 0.25) is 0 Å². The lowest BCUT2D eigenvalue weighted by Crippen LogP contribution is -2.41. The normalized spacial score (nSPS) is 16.9. The van der Waals surface area contributed by atoms with Gasteiger partial charge in [0.15, 0.2) is 11.5 Å². The van der Waals surface area contributed by atoms with Gasteiger partial charge in [-0.25, -0.2) is 4.98 Å². The maximum atomic E-state index is 12.5. The van der Waals surface area contributed by atoms with Gasteiger partial charge < -0.3 is 24.4 Å². The molecule has 1 aliphatic heterocycles. The third-order valence-electron chi connectivity index (χ3n) is 4.56. The van der Waals surface area contributed by atoms with Crippen LogP contribution in [-0.2, 0) is 17.8 Å². The van der Waals surface area contributed by atoms with Crippen LogP contribution >= 0.6 is 0 Å². The van der Waals surface area contributed by atoms with Crippen molar-refractivity contribution in [3.05, 3.63) is 47.7 Å². The van der Waals surface area contributed by atoms with Crippen molar-refractivity contribution in [2.75, 3.05) is 31.2 Å². The van der Waals surface area contributed by atoms with Crippen molar-refractivity contribution < 1.29 is 23.0 Å². The van der Waals surface area contributed by atoms with Crippen LogP contribution < -0.4 is 19.7 Å². The smallest absolute Gasteiger partial charge is 0.387 e. The Morgan fingerprint density at radius 2 is 2.00 bits per heavy atom. The van der Waals surface area contributed by atoms with Crippen LogP contribution in [0.25, 0.3) is 0 Å². The second-order valence-corrected chi connectivity index (χ2v) is 6.85. The third-order valence-corrected chi connectivity index (χ3v) is 4.56. The lowest BCUT2D eigenvalue weighted by atomic mass is 10.2. The zero-order chi connectivity index (χ0) is 20.6. The fourth-order valence-electron chi connectivity index (χ4n) is 3.21. The van der Waals surface area contributed by atoms with E-state index in [9.17, 15) is 8.78 Å². The van der Waals surface area contributed by atoms with Crippen LogP contribution in [0.5, 0.6) is 11.5 Å². The van der Waals surface area contributed by atoms with Gasteiger partial charge in [0, 0.05) is 32.4 Å². The van der Waals surface area contributed by atoms with E-state index >= 15 is 0 Å². The number of rotatable bonds is 9. The minimum Gasteiger partial charge on any atom is -0.490 e. The number of nitrogens with zero attached hydrogens (tertiary/aromatic N) is 2. The van der Waals surface area contributed by atoms with Gasteiger partial charge in [-0.1, -0.05) is 12.1 Å². The standard InChI is InChI=1S/C21H27F2N3O3/c1-3-27-19-10-16(4-6-18(19)29-21(22)23)11-24-12-17-5-7-20(25-13-17)26-8-9-28-15(2)14-26/h4-7,10,13,15,21,24H,3,8-9,11-12,14H2,1-2H3. The average Bonchev–Trinajstić information content (AvgIpc) is 2.70. The number of halogens is 2. The lowest BCUT2D eigenvalue weighted by molar-refractivity contribution is -0.0514. The molecule has 1 aromatic heterocycles. The van der Waals surface area contributed by atoms with Crippen molar-refractivity contribution in [1.82, 2.24) is 10.3 Å². The number of benzene rings is 1. The number of nitrogens with one attached hydrogen (secondary N) is 1. The Kier molecular flexibility index (Phi) is 7.60. The molecule has 158 valence electrons. The Labute approximate surface area is 169 Å². The number of hydrogen-bond acceptors (Lipinski definition) is 6. The molecule has 2 heterocycles. The maximum Gasteiger partial charge on any atom is 0.387 e. The van der Waals surface area contributed by atoms with E-state index in [0.717, 1.165) is 36.6 Å². The first-order valence-electron chi connectivity index (χ1n) is 9.78. The highest BCUT2D eigenvalue weighted by Gasteiger charge is 2.17. The average molecular weight is 407 g/mol. The molecule has 1 aromatic carbocycles. The summed E-state index contributed by atoms with van der Waals surface area (Å²) < 4.78 is 40.5. The largest absolute Gasteiger partial charge is 0.490 e. The van der Waals surface area contributed by atoms with E-state index in [1.54, 1.807) is 19.1 Å². The Morgan fingerprint density at radius 1 is 1.21 bits per heavy atom. The molecule has 0 bridgehead atoms. The SMILES string of the molecule is CCOc1cc(CNCc2ccc(N3CCOC(C)C3)nc2)ccc1OC(F)F. The summed E-state index contributed by atoms with van der Waals surface area (Å²) in [6.07, 6.45) is 2.08. The zero-order valence-corrected chi connectivity index (χ0v) is 16.7. The second kappa shape index (κ2) is 10.4. The Bertz CT molecular complexity index is 774. The lowest BCUT2D eigenvalue weighted by Gasteiger charge is -2.32. The summed E-state index contributed by atoms with van der Waals surface area (Å²) in [6.45, 7) is 4.98. The van der Waals surface area contributed by atoms with Crippen LogP contribution in [0, 0.1) is 0 Å². The molecule has 0 aliphatic carbocycles. The van der Waals surface area contributed by atoms with E-state index in [1.165, 1.54) is 6.07 Å². The number of ether oxygens (including phenoxy) is 3. The van der Waals surface area contributed by atoms with Crippen LogP contribution in [0.15, 0.2) is 36.5 Å². The quantitative estimate of drug-likeness (QED) is 0.686. The summed E-state index contributed by atoms with van der Waals surface area (Å²) in [6, 6.07) is 9.05. The summed E-state index contributed by atoms with van der Waals surface area (Å²) in [5, 5.41) is 3.34. The van der Waals surface area contributed by atoms with E-state index in [1.807, 2.05) is 12.3 Å². The first kappa shape index (κ1) is 21.3. The summed E-state index contributed by atoms with van der Waals surface area (Å²) in [7, 11) is 0. The first-order chi connectivity index (χ1) is 14.0. The zero-order valence-electron chi connectivity index (χ0n) is 16.7. The molecule has 1 atom stereocenters. The van der Waals surface area contributed by atoms with Crippen LogP contribution in [0.1, 0.15) is 25.0 Å². The van der Waals surface area contributed by atoms with Crippen molar-refractivity contribution in [3.63, 3.8) is 0 Å². The first-order valence-corrected chi connectivity index (χ1v) is 9.78. The fraction of sp³-hybridized carbons (Fsp3) is 0.476. The number of alkyl halides is 2. The molecular formula is C21H27F2N3O3. The van der Waals surface area contributed by atoms with Crippen molar-refractivity contribution in [1.29, 1.82) is 0 Å². The third kappa shape index (κ3) is 6.27. The van der Waals surface area contributed by atoms with Crippen LogP contribution in [-0.4, -0.2) is 44.0 Å². The van der Waals surface area contributed by atoms with Gasteiger partial charge in [0.1, 0.15) is 5.82 Å². The summed E-state index contributed by atoms with van der Waals surface area (Å²) in [4.78, 5) is 6.79. The van der Waals surface area contributed by atoms with E-state index < -0.39 is 6.61 Å². The molecule has 1 aliphatic rings. The van der Waals surface area contributed by atoms with Gasteiger partial charge in [0.05, 0.1) is 19.3 Å². The second-order valence-electron chi connectivity index (χ2n) is 6.85. The predicted molar refractivity (Wildman–Crippen MR) is 107 cm³/mol. The molecule has 3 rings (SSSR count).